The number of carbonyl (C=O) groups excluding carboxylic acids is 2. The van der Waals surface area contributed by atoms with Crippen LogP contribution >= 0.6 is 23.4 Å². The molecule has 0 bridgehead atoms. The second-order valence-electron chi connectivity index (χ2n) is 6.19. The normalized spacial score (nSPS) is 16.6. The van der Waals surface area contributed by atoms with Crippen molar-refractivity contribution in [2.24, 2.45) is 0 Å². The quantitative estimate of drug-likeness (QED) is 0.646. The molecule has 0 aromatic heterocycles. The van der Waals surface area contributed by atoms with E-state index in [1.54, 1.807) is 31.2 Å². The smallest absolute Gasteiger partial charge is 0.289 e. The maximum absolute atomic E-state index is 13.3. The molecule has 0 N–H and O–H groups in total. The van der Waals surface area contributed by atoms with Crippen LogP contribution in [0.3, 0.4) is 0 Å². The molecule has 1 aliphatic heterocycles. The van der Waals surface area contributed by atoms with Gasteiger partial charge in [-0.2, -0.15) is 0 Å². The van der Waals surface area contributed by atoms with Crippen LogP contribution in [0.5, 0.6) is 11.5 Å². The summed E-state index contributed by atoms with van der Waals surface area (Å²) in [7, 11) is 1.49. The largest absolute Gasteiger partial charge is 0.493 e. The lowest BCUT2D eigenvalue weighted by atomic mass is 10.1. The molecule has 3 rings (SSSR count). The molecule has 1 fully saturated rings. The first-order valence-corrected chi connectivity index (χ1v) is 9.94. The van der Waals surface area contributed by atoms with Gasteiger partial charge in [0.05, 0.1) is 17.4 Å². The number of carbonyl (C=O) groups is 2. The van der Waals surface area contributed by atoms with Crippen LogP contribution in [0.2, 0.25) is 5.02 Å². The van der Waals surface area contributed by atoms with Gasteiger partial charge in [-0.3, -0.25) is 14.5 Å². The van der Waals surface area contributed by atoms with E-state index in [1.807, 2.05) is 0 Å². The summed E-state index contributed by atoms with van der Waals surface area (Å²) in [4.78, 5) is 25.4. The second-order valence-corrected chi connectivity index (χ2v) is 7.75. The van der Waals surface area contributed by atoms with Gasteiger partial charge in [-0.15, -0.1) is 0 Å². The minimum atomic E-state index is -0.479. The number of hydrogen-bond acceptors (Lipinski definition) is 5. The molecule has 1 saturated heterocycles. The molecule has 28 heavy (non-hydrogen) atoms. The van der Waals surface area contributed by atoms with Crippen molar-refractivity contribution in [3.05, 3.63) is 58.4 Å². The van der Waals surface area contributed by atoms with Crippen LogP contribution in [-0.2, 0) is 17.8 Å². The van der Waals surface area contributed by atoms with Crippen LogP contribution in [0.15, 0.2) is 36.4 Å². The molecule has 0 aliphatic carbocycles. The van der Waals surface area contributed by atoms with Crippen molar-refractivity contribution < 1.29 is 23.5 Å². The Morgan fingerprint density at radius 2 is 2.00 bits per heavy atom. The molecule has 1 atom stereocenters. The number of amides is 2. The number of rotatable bonds is 7. The van der Waals surface area contributed by atoms with E-state index in [4.69, 9.17) is 21.1 Å². The van der Waals surface area contributed by atoms with Crippen molar-refractivity contribution in [1.82, 2.24) is 4.90 Å². The molecule has 0 spiro atoms. The van der Waals surface area contributed by atoms with E-state index >= 15 is 0 Å². The SMILES string of the molecule is CCN1C(=O)S[C@@H](Cc2cc(Cl)c(OCc3cccc(F)c3)c(OC)c2)C1=O. The highest BCUT2D eigenvalue weighted by Gasteiger charge is 2.38. The van der Waals surface area contributed by atoms with Crippen LogP contribution in [0.25, 0.3) is 0 Å². The first-order chi connectivity index (χ1) is 13.4. The number of hydrogen-bond donors (Lipinski definition) is 0. The third-order valence-electron chi connectivity index (χ3n) is 4.30. The van der Waals surface area contributed by atoms with E-state index in [0.29, 0.717) is 35.1 Å². The molecule has 148 valence electrons. The summed E-state index contributed by atoms with van der Waals surface area (Å²) in [6.07, 6.45) is 0.353. The van der Waals surface area contributed by atoms with Crippen molar-refractivity contribution in [3.63, 3.8) is 0 Å². The predicted molar refractivity (Wildman–Crippen MR) is 107 cm³/mol. The van der Waals surface area contributed by atoms with Gasteiger partial charge in [0.2, 0.25) is 5.91 Å². The van der Waals surface area contributed by atoms with Crippen molar-refractivity contribution in [2.45, 2.75) is 25.2 Å². The van der Waals surface area contributed by atoms with Crippen LogP contribution in [-0.4, -0.2) is 35.0 Å². The minimum Gasteiger partial charge on any atom is -0.493 e. The van der Waals surface area contributed by atoms with Gasteiger partial charge in [-0.05, 0) is 48.7 Å². The molecule has 8 heteroatoms. The van der Waals surface area contributed by atoms with Gasteiger partial charge < -0.3 is 9.47 Å². The molecule has 0 unspecified atom stereocenters. The Balaban J connectivity index is 1.76. The summed E-state index contributed by atoms with van der Waals surface area (Å²) in [6, 6.07) is 9.52. The average molecular weight is 424 g/mol. The number of ether oxygens (including phenoxy) is 2. The molecule has 1 heterocycles. The molecular formula is C20H19ClFNO4S. The number of thioether (sulfide) groups is 1. The van der Waals surface area contributed by atoms with Gasteiger partial charge in [0.25, 0.3) is 5.24 Å². The van der Waals surface area contributed by atoms with Gasteiger partial charge in [0.15, 0.2) is 11.5 Å². The number of methoxy groups -OCH3 is 1. The number of imide groups is 1. The van der Waals surface area contributed by atoms with Gasteiger partial charge in [-0.1, -0.05) is 35.5 Å². The Kier molecular flexibility index (Phi) is 6.46. The zero-order valence-electron chi connectivity index (χ0n) is 15.4. The first kappa shape index (κ1) is 20.5. The van der Waals surface area contributed by atoms with E-state index in [-0.39, 0.29) is 23.6 Å². The molecule has 2 aromatic rings. The third kappa shape index (κ3) is 4.42. The molecule has 0 saturated carbocycles. The standard InChI is InChI=1S/C20H19ClFNO4S/c1-3-23-19(24)17(28-20(23)25)10-13-8-15(21)18(16(9-13)26-2)27-11-12-5-4-6-14(22)7-12/h4-9,17H,3,10-11H2,1-2H3/t17-/m0/s1. The van der Waals surface area contributed by atoms with Gasteiger partial charge in [0.1, 0.15) is 12.4 Å². The van der Waals surface area contributed by atoms with E-state index < -0.39 is 5.25 Å². The monoisotopic (exact) mass is 423 g/mol. The lowest BCUT2D eigenvalue weighted by molar-refractivity contribution is -0.126. The number of benzene rings is 2. The Bertz CT molecular complexity index is 908. The van der Waals surface area contributed by atoms with E-state index in [1.165, 1.54) is 24.1 Å². The van der Waals surface area contributed by atoms with E-state index in [9.17, 15) is 14.0 Å². The van der Waals surface area contributed by atoms with Crippen molar-refractivity contribution in [3.8, 4) is 11.5 Å². The molecular weight excluding hydrogens is 405 g/mol. The van der Waals surface area contributed by atoms with Crippen LogP contribution in [0.4, 0.5) is 9.18 Å². The molecule has 0 radical (unpaired) electrons. The number of halogens is 2. The minimum absolute atomic E-state index is 0.129. The van der Waals surface area contributed by atoms with Crippen molar-refractivity contribution in [2.75, 3.05) is 13.7 Å². The Morgan fingerprint density at radius 1 is 1.21 bits per heavy atom. The lowest BCUT2D eigenvalue weighted by Gasteiger charge is -2.15. The average Bonchev–Trinajstić information content (AvgIpc) is 2.93. The summed E-state index contributed by atoms with van der Waals surface area (Å²) >= 11 is 7.39. The van der Waals surface area contributed by atoms with Crippen LogP contribution < -0.4 is 9.47 Å². The van der Waals surface area contributed by atoms with E-state index in [0.717, 1.165) is 17.3 Å². The third-order valence-corrected chi connectivity index (χ3v) is 5.66. The Labute approximate surface area is 171 Å². The highest BCUT2D eigenvalue weighted by Crippen LogP contribution is 2.38. The maximum atomic E-state index is 13.3. The predicted octanol–water partition coefficient (Wildman–Crippen LogP) is 4.69. The number of nitrogens with zero attached hydrogens (tertiary/aromatic N) is 1. The van der Waals surface area contributed by atoms with E-state index in [2.05, 4.69) is 0 Å². The summed E-state index contributed by atoms with van der Waals surface area (Å²) in [5, 5.41) is -0.391. The maximum Gasteiger partial charge on any atom is 0.289 e. The molecule has 5 nitrogen and oxygen atoms in total. The van der Waals surface area contributed by atoms with Crippen LogP contribution in [0.1, 0.15) is 18.1 Å². The zero-order valence-corrected chi connectivity index (χ0v) is 17.0. The second kappa shape index (κ2) is 8.84. The van der Waals surface area contributed by atoms with Gasteiger partial charge in [-0.25, -0.2) is 4.39 Å². The molecule has 2 amide bonds. The van der Waals surface area contributed by atoms with Gasteiger partial charge in [0, 0.05) is 6.54 Å². The topological polar surface area (TPSA) is 55.8 Å². The summed E-state index contributed by atoms with van der Waals surface area (Å²) in [5.74, 6) is 0.213. The molecule has 2 aromatic carbocycles. The fourth-order valence-electron chi connectivity index (χ4n) is 2.94. The van der Waals surface area contributed by atoms with Crippen LogP contribution in [0, 0.1) is 5.82 Å². The summed E-state index contributed by atoms with van der Waals surface area (Å²) < 4.78 is 24.4. The Morgan fingerprint density at radius 3 is 2.64 bits per heavy atom. The molecule has 1 aliphatic rings. The summed E-state index contributed by atoms with van der Waals surface area (Å²) in [5.41, 5.74) is 1.42. The zero-order chi connectivity index (χ0) is 20.3. The van der Waals surface area contributed by atoms with Crippen molar-refractivity contribution in [1.29, 1.82) is 0 Å². The van der Waals surface area contributed by atoms with Crippen molar-refractivity contribution >= 4 is 34.5 Å². The highest BCUT2D eigenvalue weighted by atomic mass is 35.5. The fraction of sp³-hybridized carbons (Fsp3) is 0.300. The fourth-order valence-corrected chi connectivity index (χ4v) is 4.32. The lowest BCUT2D eigenvalue weighted by Crippen LogP contribution is -2.31. The first-order valence-electron chi connectivity index (χ1n) is 8.68. The van der Waals surface area contributed by atoms with Gasteiger partial charge >= 0.3 is 0 Å². The highest BCUT2D eigenvalue weighted by molar-refractivity contribution is 8.15. The Hall–Kier alpha value is -2.25. The summed E-state index contributed by atoms with van der Waals surface area (Å²) in [6.45, 7) is 2.26.